The second kappa shape index (κ2) is 6.87. The summed E-state index contributed by atoms with van der Waals surface area (Å²) >= 11 is 0. The highest BCUT2D eigenvalue weighted by molar-refractivity contribution is 7.91. The van der Waals surface area contributed by atoms with E-state index in [9.17, 15) is 23.1 Å². The molecule has 7 nitrogen and oxygen atoms in total. The van der Waals surface area contributed by atoms with E-state index >= 15 is 0 Å². The Bertz CT molecular complexity index is 1060. The quantitative estimate of drug-likeness (QED) is 0.479. The lowest BCUT2D eigenvalue weighted by Gasteiger charge is -2.29. The van der Waals surface area contributed by atoms with Crippen LogP contribution in [0.4, 0.5) is 0 Å². The summed E-state index contributed by atoms with van der Waals surface area (Å²) in [6.07, 6.45) is 3.34. The van der Waals surface area contributed by atoms with Crippen molar-refractivity contribution in [1.29, 1.82) is 0 Å². The third-order valence-corrected chi connectivity index (χ3v) is 6.88. The van der Waals surface area contributed by atoms with Crippen molar-refractivity contribution in [2.75, 3.05) is 11.5 Å². The van der Waals surface area contributed by atoms with Crippen LogP contribution in [0.5, 0.6) is 0 Å². The minimum atomic E-state index is -3.27. The molecule has 0 radical (unpaired) electrons. The molecule has 8 heteroatoms. The van der Waals surface area contributed by atoms with Gasteiger partial charge in [0.2, 0.25) is 0 Å². The first-order valence-corrected chi connectivity index (χ1v) is 10.7. The molecule has 2 aliphatic rings. The van der Waals surface area contributed by atoms with Gasteiger partial charge in [0, 0.05) is 24.0 Å². The number of hydrogen-bond acceptors (Lipinski definition) is 6. The second-order valence-electron chi connectivity index (χ2n) is 6.92. The maximum atomic E-state index is 12.9. The highest BCUT2D eigenvalue weighted by Crippen LogP contribution is 2.41. The predicted octanol–water partition coefficient (Wildman–Crippen LogP) is 1.69. The number of sulfone groups is 1. The summed E-state index contributed by atoms with van der Waals surface area (Å²) in [5.74, 6) is -2.12. The average molecular weight is 398 g/mol. The summed E-state index contributed by atoms with van der Waals surface area (Å²) < 4.78 is 23.9. The number of Topliss-reactive ketones (excluding diaryl/α,β-unsaturated/α-hetero) is 1. The number of rotatable bonds is 3. The molecule has 0 bridgehead atoms. The Labute approximate surface area is 162 Å². The van der Waals surface area contributed by atoms with Crippen molar-refractivity contribution in [2.45, 2.75) is 18.5 Å². The molecule has 0 saturated carbocycles. The van der Waals surface area contributed by atoms with E-state index in [4.69, 9.17) is 0 Å². The molecule has 2 aromatic rings. The van der Waals surface area contributed by atoms with Gasteiger partial charge in [0.05, 0.1) is 23.1 Å². The first-order valence-electron chi connectivity index (χ1n) is 8.85. The summed E-state index contributed by atoms with van der Waals surface area (Å²) in [7, 11) is -3.27. The van der Waals surface area contributed by atoms with Crippen LogP contribution in [0, 0.1) is 0 Å². The van der Waals surface area contributed by atoms with E-state index in [-0.39, 0.29) is 29.3 Å². The van der Waals surface area contributed by atoms with Crippen molar-refractivity contribution in [3.05, 3.63) is 71.6 Å². The Kier molecular flexibility index (Phi) is 4.50. The zero-order valence-corrected chi connectivity index (χ0v) is 15.7. The number of aliphatic hydroxyl groups excluding tert-OH is 1. The van der Waals surface area contributed by atoms with Gasteiger partial charge in [-0.25, -0.2) is 8.42 Å². The summed E-state index contributed by atoms with van der Waals surface area (Å²) in [5, 5.41) is 10.8. The molecule has 28 heavy (non-hydrogen) atoms. The van der Waals surface area contributed by atoms with Gasteiger partial charge in [-0.2, -0.15) is 0 Å². The van der Waals surface area contributed by atoms with Crippen LogP contribution in [0.3, 0.4) is 0 Å². The van der Waals surface area contributed by atoms with Crippen molar-refractivity contribution in [1.82, 2.24) is 9.88 Å². The molecule has 0 aliphatic carbocycles. The van der Waals surface area contributed by atoms with Crippen LogP contribution in [-0.2, 0) is 19.4 Å². The van der Waals surface area contributed by atoms with Crippen molar-refractivity contribution in [3.63, 3.8) is 0 Å². The number of ketones is 1. The first-order chi connectivity index (χ1) is 13.4. The normalized spacial score (nSPS) is 25.9. The molecule has 2 atom stereocenters. The number of amides is 1. The molecule has 144 valence electrons. The van der Waals surface area contributed by atoms with Crippen LogP contribution in [0.2, 0.25) is 0 Å². The summed E-state index contributed by atoms with van der Waals surface area (Å²) in [5.41, 5.74) is 0.908. The number of nitrogens with zero attached hydrogens (tertiary/aromatic N) is 2. The van der Waals surface area contributed by atoms with Gasteiger partial charge in [0.1, 0.15) is 5.76 Å². The molecule has 0 spiro atoms. The highest BCUT2D eigenvalue weighted by Gasteiger charge is 2.50. The van der Waals surface area contributed by atoms with Crippen molar-refractivity contribution < 1.29 is 23.1 Å². The number of likely N-dealkylation sites (tertiary alicyclic amines) is 1. The van der Waals surface area contributed by atoms with Gasteiger partial charge in [-0.15, -0.1) is 0 Å². The van der Waals surface area contributed by atoms with E-state index in [1.165, 1.54) is 11.1 Å². The van der Waals surface area contributed by atoms with Crippen LogP contribution in [0.1, 0.15) is 23.6 Å². The van der Waals surface area contributed by atoms with E-state index in [2.05, 4.69) is 4.98 Å². The minimum absolute atomic E-state index is 0.0287. The Balaban J connectivity index is 1.88. The van der Waals surface area contributed by atoms with E-state index in [0.29, 0.717) is 11.1 Å². The third-order valence-electron chi connectivity index (χ3n) is 5.13. The Hall–Kier alpha value is -3.00. The molecule has 3 heterocycles. The number of aliphatic hydroxyl groups is 1. The summed E-state index contributed by atoms with van der Waals surface area (Å²) in [6.45, 7) is 0. The van der Waals surface area contributed by atoms with Crippen LogP contribution >= 0.6 is 0 Å². The number of pyridine rings is 1. The average Bonchev–Trinajstić information content (AvgIpc) is 3.19. The molecule has 0 unspecified atom stereocenters. The minimum Gasteiger partial charge on any atom is -0.507 e. The van der Waals surface area contributed by atoms with Gasteiger partial charge in [-0.1, -0.05) is 36.4 Å². The molecule has 4 rings (SSSR count). The lowest BCUT2D eigenvalue weighted by atomic mass is 9.96. The number of carbonyl (C=O) groups excluding carboxylic acids is 2. The van der Waals surface area contributed by atoms with Gasteiger partial charge in [0.25, 0.3) is 11.7 Å². The molecule has 1 N–H and O–H groups in total. The van der Waals surface area contributed by atoms with Crippen molar-refractivity contribution in [3.8, 4) is 0 Å². The van der Waals surface area contributed by atoms with E-state index in [0.717, 1.165) is 0 Å². The Morgan fingerprint density at radius 2 is 1.86 bits per heavy atom. The number of aromatic nitrogens is 1. The monoisotopic (exact) mass is 398 g/mol. The van der Waals surface area contributed by atoms with Gasteiger partial charge < -0.3 is 10.0 Å². The van der Waals surface area contributed by atoms with Crippen LogP contribution in [0.15, 0.2) is 60.4 Å². The topological polar surface area (TPSA) is 105 Å². The zero-order valence-electron chi connectivity index (χ0n) is 14.9. The first kappa shape index (κ1) is 18.4. The van der Waals surface area contributed by atoms with Gasteiger partial charge >= 0.3 is 0 Å². The standard InChI is InChI=1S/C20H18N2O5S/c23-18(13-5-2-1-3-6-13)16-17(14-7-4-9-21-11-14)22(20(25)19(16)24)15-8-10-28(26,27)12-15/h1-7,9,11,15,17,23H,8,10,12H2/t15-,17-/m0/s1. The number of benzene rings is 1. The van der Waals surface area contributed by atoms with E-state index in [1.54, 1.807) is 48.7 Å². The smallest absolute Gasteiger partial charge is 0.295 e. The lowest BCUT2D eigenvalue weighted by Crippen LogP contribution is -2.40. The SMILES string of the molecule is O=C1C(=O)N([C@H]2CCS(=O)(=O)C2)[C@@H](c2cccnc2)C1=C(O)c1ccccc1. The molecule has 2 saturated heterocycles. The molecule has 2 aliphatic heterocycles. The molecule has 2 fully saturated rings. The molecule has 1 amide bonds. The van der Waals surface area contributed by atoms with E-state index in [1.807, 2.05) is 0 Å². The third kappa shape index (κ3) is 3.09. The highest BCUT2D eigenvalue weighted by atomic mass is 32.2. The van der Waals surface area contributed by atoms with Crippen LogP contribution < -0.4 is 0 Å². The zero-order chi connectivity index (χ0) is 19.9. The van der Waals surface area contributed by atoms with Crippen molar-refractivity contribution in [2.24, 2.45) is 0 Å². The molecular formula is C20H18N2O5S. The molecule has 1 aromatic carbocycles. The van der Waals surface area contributed by atoms with Crippen LogP contribution in [0.25, 0.3) is 5.76 Å². The number of hydrogen-bond donors (Lipinski definition) is 1. The summed E-state index contributed by atoms with van der Waals surface area (Å²) in [6, 6.07) is 10.4. The fourth-order valence-electron chi connectivity index (χ4n) is 3.84. The van der Waals surface area contributed by atoms with Crippen LogP contribution in [-0.4, -0.2) is 52.6 Å². The van der Waals surface area contributed by atoms with Crippen molar-refractivity contribution >= 4 is 27.3 Å². The Morgan fingerprint density at radius 1 is 1.11 bits per heavy atom. The largest absolute Gasteiger partial charge is 0.507 e. The molecule has 1 aromatic heterocycles. The molecular weight excluding hydrogens is 380 g/mol. The van der Waals surface area contributed by atoms with Gasteiger partial charge in [0.15, 0.2) is 9.84 Å². The van der Waals surface area contributed by atoms with Gasteiger partial charge in [-0.3, -0.25) is 14.6 Å². The lowest BCUT2D eigenvalue weighted by molar-refractivity contribution is -0.141. The summed E-state index contributed by atoms with van der Waals surface area (Å²) in [4.78, 5) is 31.1. The number of carbonyl (C=O) groups is 2. The maximum absolute atomic E-state index is 12.9. The maximum Gasteiger partial charge on any atom is 0.295 e. The fourth-order valence-corrected chi connectivity index (χ4v) is 5.55. The Morgan fingerprint density at radius 3 is 2.46 bits per heavy atom. The fraction of sp³-hybridized carbons (Fsp3) is 0.250. The van der Waals surface area contributed by atoms with E-state index < -0.39 is 33.6 Å². The second-order valence-corrected chi connectivity index (χ2v) is 9.14. The predicted molar refractivity (Wildman–Crippen MR) is 102 cm³/mol. The van der Waals surface area contributed by atoms with Gasteiger partial charge in [-0.05, 0) is 18.1 Å².